The summed E-state index contributed by atoms with van der Waals surface area (Å²) in [5.41, 5.74) is 1.26. The Balaban J connectivity index is 2.39. The van der Waals surface area contributed by atoms with Gasteiger partial charge < -0.3 is 10.0 Å². The number of rotatable bonds is 9. The molecule has 1 heterocycles. The van der Waals surface area contributed by atoms with Crippen molar-refractivity contribution in [2.75, 3.05) is 6.54 Å². The predicted molar refractivity (Wildman–Crippen MR) is 81.0 cm³/mol. The van der Waals surface area contributed by atoms with Gasteiger partial charge in [-0.25, -0.2) is 0 Å². The fourth-order valence-corrected chi connectivity index (χ4v) is 2.97. The lowest BCUT2D eigenvalue weighted by Crippen LogP contribution is -2.39. The normalized spacial score (nSPS) is 12.1. The smallest absolute Gasteiger partial charge is 0.303 e. The van der Waals surface area contributed by atoms with E-state index in [2.05, 4.69) is 18.4 Å². The molecule has 1 atom stereocenters. The molecule has 1 N–H and O–H groups in total. The molecular weight excluding hydrogens is 274 g/mol. The number of nitrogens with zero attached hydrogens (tertiary/aromatic N) is 1. The minimum Gasteiger partial charge on any atom is -0.481 e. The van der Waals surface area contributed by atoms with Gasteiger partial charge in [-0.2, -0.15) is 11.3 Å². The van der Waals surface area contributed by atoms with Crippen molar-refractivity contribution in [1.82, 2.24) is 4.90 Å². The number of hydrogen-bond acceptors (Lipinski definition) is 3. The fourth-order valence-electron chi connectivity index (χ4n) is 2.29. The summed E-state index contributed by atoms with van der Waals surface area (Å²) in [5, 5.41) is 12.7. The number of carboxylic acids is 1. The van der Waals surface area contributed by atoms with Crippen LogP contribution in [0.25, 0.3) is 0 Å². The highest BCUT2D eigenvalue weighted by Gasteiger charge is 2.18. The summed E-state index contributed by atoms with van der Waals surface area (Å²) in [6.45, 7) is 4.75. The number of unbranched alkanes of at least 4 members (excludes halogenated alkanes) is 1. The van der Waals surface area contributed by atoms with Gasteiger partial charge in [-0.3, -0.25) is 9.59 Å². The zero-order valence-electron chi connectivity index (χ0n) is 12.2. The molecule has 0 saturated carbocycles. The van der Waals surface area contributed by atoms with Gasteiger partial charge >= 0.3 is 5.97 Å². The number of amides is 1. The van der Waals surface area contributed by atoms with E-state index >= 15 is 0 Å². The van der Waals surface area contributed by atoms with Crippen LogP contribution in [0.3, 0.4) is 0 Å². The van der Waals surface area contributed by atoms with Gasteiger partial charge in [0.25, 0.3) is 0 Å². The monoisotopic (exact) mass is 297 g/mol. The first kappa shape index (κ1) is 16.7. The van der Waals surface area contributed by atoms with Gasteiger partial charge in [-0.1, -0.05) is 0 Å². The van der Waals surface area contributed by atoms with Gasteiger partial charge in [-0.05, 0) is 55.5 Å². The lowest BCUT2D eigenvalue weighted by molar-refractivity contribution is -0.138. The molecule has 4 nitrogen and oxygen atoms in total. The zero-order chi connectivity index (χ0) is 15.0. The molecule has 0 aromatic carbocycles. The van der Waals surface area contributed by atoms with Gasteiger partial charge in [0.2, 0.25) is 5.91 Å². The van der Waals surface area contributed by atoms with Gasteiger partial charge in [0.1, 0.15) is 0 Å². The molecule has 0 bridgehead atoms. The Labute approximate surface area is 124 Å². The highest BCUT2D eigenvalue weighted by molar-refractivity contribution is 7.07. The quantitative estimate of drug-likeness (QED) is 0.712. The molecule has 0 aliphatic rings. The van der Waals surface area contributed by atoms with Crippen LogP contribution in [0.5, 0.6) is 0 Å². The Morgan fingerprint density at radius 3 is 2.60 bits per heavy atom. The van der Waals surface area contributed by atoms with Crippen LogP contribution in [-0.2, 0) is 16.0 Å². The second kappa shape index (κ2) is 8.74. The third kappa shape index (κ3) is 5.74. The van der Waals surface area contributed by atoms with Crippen molar-refractivity contribution in [3.05, 3.63) is 22.4 Å². The highest BCUT2D eigenvalue weighted by atomic mass is 32.1. The first-order valence-electron chi connectivity index (χ1n) is 7.07. The van der Waals surface area contributed by atoms with Crippen molar-refractivity contribution < 1.29 is 14.7 Å². The topological polar surface area (TPSA) is 57.6 Å². The number of carbonyl (C=O) groups is 2. The molecule has 1 rings (SSSR count). The van der Waals surface area contributed by atoms with E-state index in [0.29, 0.717) is 25.8 Å². The summed E-state index contributed by atoms with van der Waals surface area (Å²) < 4.78 is 0. The molecule has 20 heavy (non-hydrogen) atoms. The first-order valence-corrected chi connectivity index (χ1v) is 8.01. The van der Waals surface area contributed by atoms with Crippen molar-refractivity contribution in [1.29, 1.82) is 0 Å². The molecule has 0 spiro atoms. The molecule has 0 aliphatic carbocycles. The largest absolute Gasteiger partial charge is 0.481 e. The van der Waals surface area contributed by atoms with Crippen LogP contribution < -0.4 is 0 Å². The van der Waals surface area contributed by atoms with E-state index in [1.54, 1.807) is 11.3 Å². The highest BCUT2D eigenvalue weighted by Crippen LogP contribution is 2.14. The van der Waals surface area contributed by atoms with Crippen molar-refractivity contribution in [2.45, 2.75) is 52.0 Å². The number of hydrogen-bond donors (Lipinski definition) is 1. The average molecular weight is 297 g/mol. The zero-order valence-corrected chi connectivity index (χ0v) is 13.0. The molecule has 1 aromatic rings. The molecule has 0 fully saturated rings. The maximum Gasteiger partial charge on any atom is 0.303 e. The molecule has 1 amide bonds. The van der Waals surface area contributed by atoms with Crippen LogP contribution in [0.15, 0.2) is 16.8 Å². The van der Waals surface area contributed by atoms with Crippen LogP contribution in [0.4, 0.5) is 0 Å². The summed E-state index contributed by atoms with van der Waals surface area (Å²) in [6, 6.07) is 2.27. The van der Waals surface area contributed by atoms with Crippen molar-refractivity contribution in [3.63, 3.8) is 0 Å². The Morgan fingerprint density at radius 1 is 1.35 bits per heavy atom. The summed E-state index contributed by atoms with van der Waals surface area (Å²) in [7, 11) is 0. The van der Waals surface area contributed by atoms with Crippen molar-refractivity contribution in [2.24, 2.45) is 0 Å². The Hall–Kier alpha value is -1.36. The summed E-state index contributed by atoms with van der Waals surface area (Å²) >= 11 is 1.67. The van der Waals surface area contributed by atoms with E-state index < -0.39 is 5.97 Å². The number of aliphatic carboxylic acids is 1. The third-order valence-corrected chi connectivity index (χ3v) is 4.07. The number of likely N-dealkylation sites (N-methyl/N-ethyl adjacent to an activating group) is 1. The number of carboxylic acid groups (broad SMARTS) is 1. The summed E-state index contributed by atoms with van der Waals surface area (Å²) in [4.78, 5) is 24.5. The molecule has 1 unspecified atom stereocenters. The second-order valence-electron chi connectivity index (χ2n) is 4.97. The van der Waals surface area contributed by atoms with Crippen LogP contribution in [0.1, 0.15) is 45.1 Å². The van der Waals surface area contributed by atoms with Crippen LogP contribution >= 0.6 is 11.3 Å². The third-order valence-electron chi connectivity index (χ3n) is 3.34. The van der Waals surface area contributed by atoms with Crippen LogP contribution in [-0.4, -0.2) is 34.5 Å². The molecule has 1 aromatic heterocycles. The molecule has 0 radical (unpaired) electrons. The fraction of sp³-hybridized carbons (Fsp3) is 0.600. The van der Waals surface area contributed by atoms with Gasteiger partial charge in [0.05, 0.1) is 0 Å². The summed E-state index contributed by atoms with van der Waals surface area (Å²) in [5.74, 6) is -0.670. The molecule has 5 heteroatoms. The molecule has 0 aliphatic heterocycles. The first-order chi connectivity index (χ1) is 9.54. The van der Waals surface area contributed by atoms with E-state index in [0.717, 1.165) is 6.42 Å². The maximum atomic E-state index is 12.2. The van der Waals surface area contributed by atoms with Gasteiger partial charge in [-0.15, -0.1) is 0 Å². The van der Waals surface area contributed by atoms with Crippen molar-refractivity contribution >= 4 is 23.2 Å². The molecule has 0 saturated heterocycles. The minimum atomic E-state index is -0.796. The standard InChI is InChI=1S/C15H23NO3S/c1-3-16(12(2)10-13-8-9-20-11-13)14(17)6-4-5-7-15(18)19/h8-9,11-12H,3-7,10H2,1-2H3,(H,18,19). The van der Waals surface area contributed by atoms with Gasteiger partial charge in [0.15, 0.2) is 0 Å². The summed E-state index contributed by atoms with van der Waals surface area (Å²) in [6.07, 6.45) is 2.67. The predicted octanol–water partition coefficient (Wildman–Crippen LogP) is 3.17. The van der Waals surface area contributed by atoms with Gasteiger partial charge in [0, 0.05) is 25.4 Å². The van der Waals surface area contributed by atoms with Crippen LogP contribution in [0, 0.1) is 0 Å². The number of carbonyl (C=O) groups excluding carboxylic acids is 1. The van der Waals surface area contributed by atoms with Crippen LogP contribution in [0.2, 0.25) is 0 Å². The molecule has 112 valence electrons. The average Bonchev–Trinajstić information content (AvgIpc) is 2.88. The lowest BCUT2D eigenvalue weighted by atomic mass is 10.1. The number of thiophene rings is 1. The lowest BCUT2D eigenvalue weighted by Gasteiger charge is -2.28. The minimum absolute atomic E-state index is 0.126. The van der Waals surface area contributed by atoms with E-state index in [9.17, 15) is 9.59 Å². The van der Waals surface area contributed by atoms with E-state index in [-0.39, 0.29) is 18.4 Å². The SMILES string of the molecule is CCN(C(=O)CCCCC(=O)O)C(C)Cc1ccsc1. The Kier molecular flexibility index (Phi) is 7.30. The Morgan fingerprint density at radius 2 is 2.05 bits per heavy atom. The maximum absolute atomic E-state index is 12.2. The van der Waals surface area contributed by atoms with E-state index in [1.165, 1.54) is 5.56 Å². The van der Waals surface area contributed by atoms with Crippen molar-refractivity contribution in [3.8, 4) is 0 Å². The van der Waals surface area contributed by atoms with E-state index in [4.69, 9.17) is 5.11 Å². The second-order valence-corrected chi connectivity index (χ2v) is 5.75. The molecular formula is C15H23NO3S. The Bertz CT molecular complexity index is 417. The van der Waals surface area contributed by atoms with E-state index in [1.807, 2.05) is 17.2 Å².